The summed E-state index contributed by atoms with van der Waals surface area (Å²) in [5.41, 5.74) is 0. The average molecular weight is 324 g/mol. The molecule has 0 saturated carbocycles. The Morgan fingerprint density at radius 3 is 2.59 bits per heavy atom. The summed E-state index contributed by atoms with van der Waals surface area (Å²) < 4.78 is 0. The van der Waals surface area contributed by atoms with Crippen molar-refractivity contribution in [1.29, 1.82) is 0 Å². The van der Waals surface area contributed by atoms with Crippen LogP contribution in [0.25, 0.3) is 0 Å². The van der Waals surface area contributed by atoms with Gasteiger partial charge in [0.05, 0.1) is 13.1 Å². The number of amides is 1. The molecule has 0 radical (unpaired) electrons. The van der Waals surface area contributed by atoms with Gasteiger partial charge in [-0.3, -0.25) is 14.7 Å². The standard InChI is InChI=1S/C16H28N4OS/c1-13-5-3-4-6-20(13)15(21)12-18-7-9-19(10-8-18)16-17-11-14(2)22-16/h13-14H,3-12H2,1-2H3. The fourth-order valence-corrected chi connectivity index (χ4v) is 4.47. The minimum Gasteiger partial charge on any atom is -0.349 e. The van der Waals surface area contributed by atoms with E-state index >= 15 is 0 Å². The van der Waals surface area contributed by atoms with Gasteiger partial charge in [-0.1, -0.05) is 18.7 Å². The van der Waals surface area contributed by atoms with Crippen LogP contribution < -0.4 is 0 Å². The van der Waals surface area contributed by atoms with Gasteiger partial charge in [-0.15, -0.1) is 0 Å². The third kappa shape index (κ3) is 3.77. The number of aliphatic imine (C=N–C) groups is 1. The summed E-state index contributed by atoms with van der Waals surface area (Å²) in [6, 6.07) is 0.424. The van der Waals surface area contributed by atoms with Crippen LogP contribution in [0.4, 0.5) is 0 Å². The Hall–Kier alpha value is -0.750. The van der Waals surface area contributed by atoms with Crippen LogP contribution in [0.3, 0.4) is 0 Å². The Morgan fingerprint density at radius 1 is 1.18 bits per heavy atom. The van der Waals surface area contributed by atoms with E-state index < -0.39 is 0 Å². The first-order valence-corrected chi connectivity index (χ1v) is 9.49. The first kappa shape index (κ1) is 16.1. The molecule has 0 aromatic heterocycles. The number of rotatable bonds is 2. The molecule has 0 aliphatic carbocycles. The summed E-state index contributed by atoms with van der Waals surface area (Å²) in [7, 11) is 0. The van der Waals surface area contributed by atoms with Gasteiger partial charge in [0.25, 0.3) is 0 Å². The summed E-state index contributed by atoms with van der Waals surface area (Å²) in [6.07, 6.45) is 3.59. The number of hydrogen-bond donors (Lipinski definition) is 0. The van der Waals surface area contributed by atoms with Crippen LogP contribution in [0.15, 0.2) is 4.99 Å². The molecular weight excluding hydrogens is 296 g/mol. The first-order chi connectivity index (χ1) is 10.6. The molecule has 0 aromatic rings. The monoisotopic (exact) mass is 324 g/mol. The second kappa shape index (κ2) is 7.21. The van der Waals surface area contributed by atoms with E-state index in [1.54, 1.807) is 0 Å². The van der Waals surface area contributed by atoms with Gasteiger partial charge in [-0.2, -0.15) is 0 Å². The van der Waals surface area contributed by atoms with E-state index in [9.17, 15) is 4.79 Å². The van der Waals surface area contributed by atoms with Gasteiger partial charge in [0.1, 0.15) is 0 Å². The van der Waals surface area contributed by atoms with Crippen molar-refractivity contribution in [2.75, 3.05) is 45.8 Å². The third-order valence-corrected chi connectivity index (χ3v) is 6.06. The van der Waals surface area contributed by atoms with Gasteiger partial charge in [0.15, 0.2) is 5.17 Å². The molecule has 5 nitrogen and oxygen atoms in total. The third-order valence-electron chi connectivity index (χ3n) is 4.92. The lowest BCUT2D eigenvalue weighted by Gasteiger charge is -2.38. The summed E-state index contributed by atoms with van der Waals surface area (Å²) in [6.45, 7) is 10.9. The Balaban J connectivity index is 1.44. The van der Waals surface area contributed by atoms with Crippen LogP contribution in [0.2, 0.25) is 0 Å². The molecule has 2 atom stereocenters. The van der Waals surface area contributed by atoms with Crippen molar-refractivity contribution in [2.45, 2.75) is 44.4 Å². The maximum Gasteiger partial charge on any atom is 0.236 e. The molecule has 2 fully saturated rings. The van der Waals surface area contributed by atoms with Crippen LogP contribution in [-0.2, 0) is 4.79 Å². The Labute approximate surface area is 138 Å². The molecule has 3 aliphatic rings. The van der Waals surface area contributed by atoms with Gasteiger partial charge in [0, 0.05) is 44.0 Å². The maximum atomic E-state index is 12.5. The van der Waals surface area contributed by atoms with Crippen LogP contribution in [0, 0.1) is 0 Å². The van der Waals surface area contributed by atoms with E-state index in [4.69, 9.17) is 0 Å². The molecule has 3 heterocycles. The Bertz CT molecular complexity index is 434. The number of piperazine rings is 1. The van der Waals surface area contributed by atoms with E-state index in [-0.39, 0.29) is 0 Å². The molecule has 2 saturated heterocycles. The van der Waals surface area contributed by atoms with Crippen LogP contribution in [-0.4, -0.2) is 82.9 Å². The maximum absolute atomic E-state index is 12.5. The van der Waals surface area contributed by atoms with E-state index in [1.807, 2.05) is 11.8 Å². The lowest BCUT2D eigenvalue weighted by Crippen LogP contribution is -2.52. The molecule has 6 heteroatoms. The van der Waals surface area contributed by atoms with E-state index in [2.05, 4.69) is 33.5 Å². The molecule has 0 bridgehead atoms. The topological polar surface area (TPSA) is 39.1 Å². The molecular formula is C16H28N4OS. The lowest BCUT2D eigenvalue weighted by molar-refractivity contribution is -0.136. The fourth-order valence-electron chi connectivity index (χ4n) is 3.48. The highest BCUT2D eigenvalue weighted by molar-refractivity contribution is 8.14. The van der Waals surface area contributed by atoms with E-state index in [0.29, 0.717) is 23.7 Å². The Kier molecular flexibility index (Phi) is 5.29. The number of hydrogen-bond acceptors (Lipinski definition) is 5. The van der Waals surface area contributed by atoms with Crippen molar-refractivity contribution in [3.05, 3.63) is 0 Å². The number of carbonyl (C=O) groups is 1. The quantitative estimate of drug-likeness (QED) is 0.772. The summed E-state index contributed by atoms with van der Waals surface area (Å²) in [4.78, 5) is 23.9. The highest BCUT2D eigenvalue weighted by Gasteiger charge is 2.28. The first-order valence-electron chi connectivity index (χ1n) is 8.61. The van der Waals surface area contributed by atoms with Gasteiger partial charge in [-0.25, -0.2) is 0 Å². The van der Waals surface area contributed by atoms with Crippen molar-refractivity contribution >= 4 is 22.8 Å². The van der Waals surface area contributed by atoms with E-state index in [1.165, 1.54) is 18.0 Å². The average Bonchev–Trinajstić information content (AvgIpc) is 2.95. The van der Waals surface area contributed by atoms with Gasteiger partial charge in [-0.05, 0) is 26.2 Å². The number of nitrogens with zero attached hydrogens (tertiary/aromatic N) is 4. The van der Waals surface area contributed by atoms with Crippen molar-refractivity contribution in [3.63, 3.8) is 0 Å². The van der Waals surface area contributed by atoms with Gasteiger partial charge < -0.3 is 9.80 Å². The predicted octanol–water partition coefficient (Wildman–Crippen LogP) is 1.50. The normalized spacial score (nSPS) is 30.5. The lowest BCUT2D eigenvalue weighted by atomic mass is 10.0. The zero-order valence-electron chi connectivity index (χ0n) is 13.8. The van der Waals surface area contributed by atoms with Crippen LogP contribution >= 0.6 is 11.8 Å². The minimum absolute atomic E-state index is 0.321. The Morgan fingerprint density at radius 2 is 1.95 bits per heavy atom. The second-order valence-electron chi connectivity index (χ2n) is 6.75. The molecule has 2 unspecified atom stereocenters. The number of piperidine rings is 1. The zero-order valence-corrected chi connectivity index (χ0v) is 14.6. The summed E-state index contributed by atoms with van der Waals surface area (Å²) >= 11 is 1.89. The summed E-state index contributed by atoms with van der Waals surface area (Å²) in [5, 5.41) is 1.83. The highest BCUT2D eigenvalue weighted by Crippen LogP contribution is 2.23. The number of likely N-dealkylation sites (tertiary alicyclic amines) is 1. The number of thioether (sulfide) groups is 1. The summed E-state index contributed by atoms with van der Waals surface area (Å²) in [5.74, 6) is 0.321. The van der Waals surface area contributed by atoms with Crippen LogP contribution in [0.1, 0.15) is 33.1 Å². The highest BCUT2D eigenvalue weighted by atomic mass is 32.2. The van der Waals surface area contributed by atoms with Gasteiger partial charge >= 0.3 is 0 Å². The van der Waals surface area contributed by atoms with Crippen molar-refractivity contribution in [1.82, 2.24) is 14.7 Å². The smallest absolute Gasteiger partial charge is 0.236 e. The molecule has 124 valence electrons. The minimum atomic E-state index is 0.321. The van der Waals surface area contributed by atoms with Crippen molar-refractivity contribution in [2.24, 2.45) is 4.99 Å². The molecule has 3 rings (SSSR count). The fraction of sp³-hybridized carbons (Fsp3) is 0.875. The largest absolute Gasteiger partial charge is 0.349 e. The van der Waals surface area contributed by atoms with Crippen LogP contribution in [0.5, 0.6) is 0 Å². The molecule has 22 heavy (non-hydrogen) atoms. The molecule has 3 aliphatic heterocycles. The predicted molar refractivity (Wildman–Crippen MR) is 92.4 cm³/mol. The SMILES string of the molecule is CC1CN=C(N2CCN(CC(=O)N3CCCCC3C)CC2)S1. The second-order valence-corrected chi connectivity index (χ2v) is 8.15. The molecule has 0 aromatic carbocycles. The molecule has 0 N–H and O–H groups in total. The van der Waals surface area contributed by atoms with Crippen molar-refractivity contribution < 1.29 is 4.79 Å². The number of amidine groups is 1. The zero-order chi connectivity index (χ0) is 15.5. The number of carbonyl (C=O) groups excluding carboxylic acids is 1. The van der Waals surface area contributed by atoms with E-state index in [0.717, 1.165) is 45.7 Å². The molecule has 1 amide bonds. The molecule has 0 spiro atoms. The van der Waals surface area contributed by atoms with Crippen molar-refractivity contribution in [3.8, 4) is 0 Å². The van der Waals surface area contributed by atoms with Gasteiger partial charge in [0.2, 0.25) is 5.91 Å².